The molecule has 0 aliphatic carbocycles. The molecular weight excluding hydrogens is 983 g/mol. The van der Waals surface area contributed by atoms with Gasteiger partial charge >= 0.3 is 0 Å². The van der Waals surface area contributed by atoms with E-state index in [1.165, 1.54) is 0 Å². The Morgan fingerprint density at radius 2 is 0.930 bits per heavy atom. The van der Waals surface area contributed by atoms with Crippen LogP contribution in [0, 0.1) is 37.1 Å². The van der Waals surface area contributed by atoms with Gasteiger partial charge < -0.3 is 39.5 Å². The number of anilines is 7. The molecule has 71 heavy (non-hydrogen) atoms. The van der Waals surface area contributed by atoms with Gasteiger partial charge in [0.1, 0.15) is 34.3 Å². The topological polar surface area (TPSA) is 139 Å². The minimum Gasteiger partial charge on any atom is -0.378 e. The first kappa shape index (κ1) is 47.6. The van der Waals surface area contributed by atoms with Crippen molar-refractivity contribution in [2.75, 3.05) is 104 Å². The van der Waals surface area contributed by atoms with Crippen molar-refractivity contribution in [3.05, 3.63) is 136 Å². The standard InChI is InChI=1S/C28H28F2N6O2.C24H20BrF2N5O/c1-18-25(22-4-2-3-7-31-22)34-27-21(30)6-5-20(29)24(27)26(18)33-23-16-19(35-8-12-37-13-9-35)17-32-28(23)36-10-14-38-15-11-36;1-14-21(18-4-2-3-7-28-18)31-23-17(27)6-5-16(26)20(23)22(14)30-19-12-15(25)13-29-24(19)32-8-10-33-11-9-32/h2-7,16-17H,8-15H2,1H3,(H,33,34);2-7,12-13H,8-11H2,1H3,(H,30,31). The van der Waals surface area contributed by atoms with E-state index in [0.29, 0.717) is 128 Å². The van der Waals surface area contributed by atoms with Gasteiger partial charge in [-0.15, -0.1) is 0 Å². The fourth-order valence-corrected chi connectivity index (χ4v) is 9.31. The zero-order valence-corrected chi connectivity index (χ0v) is 40.4. The Balaban J connectivity index is 0.000000166. The number of fused-ring (bicyclic) bond motifs is 2. The van der Waals surface area contributed by atoms with Crippen LogP contribution in [0.1, 0.15) is 11.1 Å². The molecule has 0 atom stereocenters. The predicted octanol–water partition coefficient (Wildman–Crippen LogP) is 10.3. The van der Waals surface area contributed by atoms with E-state index in [0.717, 1.165) is 53.3 Å². The lowest BCUT2D eigenvalue weighted by molar-refractivity contribution is 0.122. The van der Waals surface area contributed by atoms with E-state index in [1.807, 2.05) is 50.4 Å². The summed E-state index contributed by atoms with van der Waals surface area (Å²) in [6.07, 6.45) is 6.87. The van der Waals surface area contributed by atoms with E-state index in [2.05, 4.69) is 66.2 Å². The van der Waals surface area contributed by atoms with Crippen LogP contribution in [-0.2, 0) is 14.2 Å². The van der Waals surface area contributed by atoms with Crippen LogP contribution in [0.2, 0.25) is 0 Å². The van der Waals surface area contributed by atoms with Crippen LogP contribution >= 0.6 is 15.9 Å². The summed E-state index contributed by atoms with van der Waals surface area (Å²) in [7, 11) is 0. The fraction of sp³-hybridized carbons (Fsp3) is 0.269. The molecule has 3 fully saturated rings. The smallest absolute Gasteiger partial charge is 0.152 e. The number of nitrogens with zero attached hydrogens (tertiary/aromatic N) is 9. The Morgan fingerprint density at radius 1 is 0.507 bits per heavy atom. The van der Waals surface area contributed by atoms with Crippen LogP contribution in [0.4, 0.5) is 57.6 Å². The normalized spacial score (nSPS) is 15.2. The summed E-state index contributed by atoms with van der Waals surface area (Å²) in [6, 6.07) is 19.2. The summed E-state index contributed by atoms with van der Waals surface area (Å²) in [5, 5.41) is 6.99. The van der Waals surface area contributed by atoms with Crippen molar-refractivity contribution in [1.29, 1.82) is 0 Å². The SMILES string of the molecule is Cc1c(-c2ccccn2)nc2c(F)ccc(F)c2c1Nc1cc(Br)cnc1N1CCOCC1.Cc1c(-c2ccccn2)nc2c(F)ccc(F)c2c1Nc1cc(N2CCOCC2)cnc1N1CCOCC1. The molecule has 11 rings (SSSR count). The lowest BCUT2D eigenvalue weighted by atomic mass is 10.0. The van der Waals surface area contributed by atoms with Crippen LogP contribution in [-0.4, -0.2) is 109 Å². The molecule has 9 heterocycles. The van der Waals surface area contributed by atoms with Gasteiger partial charge in [-0.25, -0.2) is 37.5 Å². The Bertz CT molecular complexity index is 3220. The summed E-state index contributed by atoms with van der Waals surface area (Å²) < 4.78 is 77.6. The average Bonchev–Trinajstić information content (AvgIpc) is 3.41. The third-order valence-corrected chi connectivity index (χ3v) is 13.0. The first-order valence-corrected chi connectivity index (χ1v) is 24.0. The van der Waals surface area contributed by atoms with Crippen LogP contribution < -0.4 is 25.3 Å². The summed E-state index contributed by atoms with van der Waals surface area (Å²) >= 11 is 3.48. The van der Waals surface area contributed by atoms with Crippen molar-refractivity contribution in [3.8, 4) is 22.8 Å². The number of nitrogens with one attached hydrogen (secondary N) is 2. The molecule has 3 saturated heterocycles. The van der Waals surface area contributed by atoms with Crippen molar-refractivity contribution >= 4 is 77.8 Å². The van der Waals surface area contributed by atoms with Crippen molar-refractivity contribution in [2.24, 2.45) is 0 Å². The minimum atomic E-state index is -0.604. The molecule has 2 aromatic carbocycles. The van der Waals surface area contributed by atoms with E-state index >= 15 is 13.2 Å². The van der Waals surface area contributed by atoms with Crippen molar-refractivity contribution in [3.63, 3.8) is 0 Å². The lowest BCUT2D eigenvalue weighted by Crippen LogP contribution is -2.38. The number of ether oxygens (including phenoxy) is 3. The number of benzene rings is 2. The van der Waals surface area contributed by atoms with E-state index in [-0.39, 0.29) is 21.8 Å². The van der Waals surface area contributed by atoms with Crippen molar-refractivity contribution in [2.45, 2.75) is 13.8 Å². The number of hydrogen-bond donors (Lipinski definition) is 2. The number of pyridine rings is 6. The molecule has 6 aromatic heterocycles. The van der Waals surface area contributed by atoms with Gasteiger partial charge in [0, 0.05) is 73.5 Å². The lowest BCUT2D eigenvalue weighted by Gasteiger charge is -2.32. The van der Waals surface area contributed by atoms with Gasteiger partial charge in [0.15, 0.2) is 11.6 Å². The highest BCUT2D eigenvalue weighted by molar-refractivity contribution is 9.10. The summed E-state index contributed by atoms with van der Waals surface area (Å²) in [5.74, 6) is -0.888. The largest absolute Gasteiger partial charge is 0.378 e. The zero-order valence-electron chi connectivity index (χ0n) is 38.9. The molecule has 0 unspecified atom stereocenters. The molecule has 3 aliphatic heterocycles. The van der Waals surface area contributed by atoms with Gasteiger partial charge in [-0.1, -0.05) is 12.1 Å². The van der Waals surface area contributed by atoms with E-state index in [1.54, 1.807) is 36.8 Å². The summed E-state index contributed by atoms with van der Waals surface area (Å²) in [5.41, 5.74) is 6.46. The fourth-order valence-electron chi connectivity index (χ4n) is 8.98. The Hall–Kier alpha value is -7.06. The number of morpholine rings is 3. The van der Waals surface area contributed by atoms with Crippen molar-refractivity contribution in [1.82, 2.24) is 29.9 Å². The highest BCUT2D eigenvalue weighted by Crippen LogP contribution is 2.42. The third-order valence-electron chi connectivity index (χ3n) is 12.6. The molecular formula is C52H48BrF4N11O3. The molecule has 2 N–H and O–H groups in total. The number of halogens is 5. The third kappa shape index (κ3) is 9.99. The highest BCUT2D eigenvalue weighted by atomic mass is 79.9. The molecule has 14 nitrogen and oxygen atoms in total. The van der Waals surface area contributed by atoms with Gasteiger partial charge in [-0.3, -0.25) is 9.97 Å². The molecule has 3 aliphatic rings. The maximum Gasteiger partial charge on any atom is 0.152 e. The first-order chi connectivity index (χ1) is 34.6. The van der Waals surface area contributed by atoms with E-state index in [9.17, 15) is 4.39 Å². The second kappa shape index (κ2) is 21.1. The summed E-state index contributed by atoms with van der Waals surface area (Å²) in [6.45, 7) is 11.5. The molecule has 0 bridgehead atoms. The second-order valence-electron chi connectivity index (χ2n) is 17.0. The van der Waals surface area contributed by atoms with Gasteiger partial charge in [-0.05, 0) is 90.4 Å². The molecule has 8 aromatic rings. The Kier molecular flexibility index (Phi) is 14.2. The molecule has 0 saturated carbocycles. The number of aromatic nitrogens is 6. The van der Waals surface area contributed by atoms with Crippen molar-refractivity contribution < 1.29 is 31.8 Å². The predicted molar refractivity (Wildman–Crippen MR) is 271 cm³/mol. The van der Waals surface area contributed by atoms with Gasteiger partial charge in [0.25, 0.3) is 0 Å². The van der Waals surface area contributed by atoms with Crippen LogP contribution in [0.3, 0.4) is 0 Å². The molecule has 0 radical (unpaired) electrons. The number of hydrogen-bond acceptors (Lipinski definition) is 14. The minimum absolute atomic E-state index is 0.0519. The van der Waals surface area contributed by atoms with Crippen LogP contribution in [0.5, 0.6) is 0 Å². The molecule has 0 spiro atoms. The highest BCUT2D eigenvalue weighted by Gasteiger charge is 2.26. The van der Waals surface area contributed by atoms with Crippen LogP contribution in [0.15, 0.2) is 102 Å². The van der Waals surface area contributed by atoms with Gasteiger partial charge in [0.05, 0.1) is 108 Å². The molecule has 0 amide bonds. The monoisotopic (exact) mass is 1030 g/mol. The van der Waals surface area contributed by atoms with Gasteiger partial charge in [0.2, 0.25) is 0 Å². The molecule has 19 heteroatoms. The maximum atomic E-state index is 15.3. The maximum absolute atomic E-state index is 15.3. The average molecular weight is 1030 g/mol. The Morgan fingerprint density at radius 3 is 1.38 bits per heavy atom. The quantitative estimate of drug-likeness (QED) is 0.133. The first-order valence-electron chi connectivity index (χ1n) is 23.2. The second-order valence-corrected chi connectivity index (χ2v) is 17.9. The van der Waals surface area contributed by atoms with E-state index < -0.39 is 23.3 Å². The number of rotatable bonds is 9. The van der Waals surface area contributed by atoms with E-state index in [4.69, 9.17) is 19.2 Å². The van der Waals surface area contributed by atoms with Gasteiger partial charge in [-0.2, -0.15) is 0 Å². The molecule has 364 valence electrons. The zero-order chi connectivity index (χ0) is 49.0. The Labute approximate surface area is 415 Å². The van der Waals surface area contributed by atoms with Crippen LogP contribution in [0.25, 0.3) is 44.6 Å². The summed E-state index contributed by atoms with van der Waals surface area (Å²) in [4.78, 5) is 33.7.